The third-order valence-corrected chi connectivity index (χ3v) is 8.46. The van der Waals surface area contributed by atoms with Crippen LogP contribution < -0.4 is 9.64 Å². The summed E-state index contributed by atoms with van der Waals surface area (Å²) in [5.74, 6) is 0.925. The fourth-order valence-corrected chi connectivity index (χ4v) is 5.57. The molecule has 0 N–H and O–H groups in total. The van der Waals surface area contributed by atoms with Crippen molar-refractivity contribution in [2.75, 3.05) is 24.5 Å². The number of rotatable bonds is 7. The van der Waals surface area contributed by atoms with Crippen LogP contribution in [0.5, 0.6) is 5.75 Å². The Bertz CT molecular complexity index is 1560. The van der Waals surface area contributed by atoms with Gasteiger partial charge in [-0.2, -0.15) is 0 Å². The highest BCUT2D eigenvalue weighted by molar-refractivity contribution is 9.10. The van der Waals surface area contributed by atoms with Gasteiger partial charge in [0, 0.05) is 53.0 Å². The fourth-order valence-electron chi connectivity index (χ4n) is 5.31. The van der Waals surface area contributed by atoms with Gasteiger partial charge in [0.1, 0.15) is 18.4 Å². The Hall–Kier alpha value is -3.98. The first-order valence-corrected chi connectivity index (χ1v) is 14.2. The van der Waals surface area contributed by atoms with Crippen LogP contribution >= 0.6 is 15.9 Å². The number of hydrogen-bond donors (Lipinski definition) is 0. The van der Waals surface area contributed by atoms with Gasteiger partial charge in [0.05, 0.1) is 5.69 Å². The lowest BCUT2D eigenvalue weighted by Crippen LogP contribution is -2.48. The van der Waals surface area contributed by atoms with E-state index < -0.39 is 0 Å². The van der Waals surface area contributed by atoms with Gasteiger partial charge >= 0.3 is 0 Å². The lowest BCUT2D eigenvalue weighted by molar-refractivity contribution is -0.120. The Morgan fingerprint density at radius 3 is 2.60 bits per heavy atom. The number of aromatic nitrogens is 3. The molecule has 204 valence electrons. The van der Waals surface area contributed by atoms with Crippen LogP contribution in [-0.4, -0.2) is 51.3 Å². The van der Waals surface area contributed by atoms with Crippen LogP contribution in [0, 0.1) is 13.8 Å². The number of halogens is 1. The van der Waals surface area contributed by atoms with Gasteiger partial charge in [0.2, 0.25) is 0 Å². The Morgan fingerprint density at radius 1 is 1.02 bits per heavy atom. The van der Waals surface area contributed by atoms with E-state index in [1.165, 1.54) is 5.56 Å². The minimum atomic E-state index is -0.369. The van der Waals surface area contributed by atoms with Crippen molar-refractivity contribution in [2.45, 2.75) is 38.8 Å². The van der Waals surface area contributed by atoms with Crippen LogP contribution in [0.15, 0.2) is 77.4 Å². The van der Waals surface area contributed by atoms with Crippen LogP contribution in [0.1, 0.15) is 51.1 Å². The summed E-state index contributed by atoms with van der Waals surface area (Å²) in [5, 5.41) is 8.66. The Labute approximate surface area is 241 Å². The summed E-state index contributed by atoms with van der Waals surface area (Å²) in [4.78, 5) is 30.1. The normalized spacial score (nSPS) is 17.3. The van der Waals surface area contributed by atoms with Crippen LogP contribution in [0.2, 0.25) is 0 Å². The number of likely N-dealkylation sites (tertiary alicyclic amines) is 1. The molecule has 1 unspecified atom stereocenters. The Morgan fingerprint density at radius 2 is 1.80 bits per heavy atom. The molecule has 4 aromatic rings. The van der Waals surface area contributed by atoms with E-state index in [1.807, 2.05) is 78.7 Å². The Balaban J connectivity index is 1.08. The lowest BCUT2D eigenvalue weighted by atomic mass is 9.95. The summed E-state index contributed by atoms with van der Waals surface area (Å²) in [6.07, 6.45) is 2.54. The van der Waals surface area contributed by atoms with Crippen molar-refractivity contribution in [3.05, 3.63) is 105 Å². The molecule has 1 atom stereocenters. The molecule has 2 amide bonds. The number of nitrogens with zero attached hydrogens (tertiary/aromatic N) is 5. The second-order valence-electron chi connectivity index (χ2n) is 10.4. The minimum Gasteiger partial charge on any atom is -0.489 e. The quantitative estimate of drug-likeness (QED) is 0.282. The molecule has 2 aliphatic rings. The second kappa shape index (κ2) is 10.9. The summed E-state index contributed by atoms with van der Waals surface area (Å²) >= 11 is 3.44. The average Bonchev–Trinajstić information content (AvgIpc) is 3.56. The van der Waals surface area contributed by atoms with Gasteiger partial charge in [-0.15, -0.1) is 5.10 Å². The van der Waals surface area contributed by atoms with Gasteiger partial charge in [-0.05, 0) is 67.8 Å². The summed E-state index contributed by atoms with van der Waals surface area (Å²) < 4.78 is 8.75. The van der Waals surface area contributed by atoms with E-state index in [4.69, 9.17) is 4.74 Å². The third kappa shape index (κ3) is 5.01. The van der Waals surface area contributed by atoms with Gasteiger partial charge in [0.15, 0.2) is 0 Å². The largest absolute Gasteiger partial charge is 0.489 e. The molecule has 40 heavy (non-hydrogen) atoms. The van der Waals surface area contributed by atoms with Crippen molar-refractivity contribution in [1.29, 1.82) is 0 Å². The number of aryl methyl sites for hydroxylation is 1. The molecule has 0 aliphatic carbocycles. The number of hydrogen-bond acceptors (Lipinski definition) is 5. The van der Waals surface area contributed by atoms with Crippen molar-refractivity contribution >= 4 is 33.4 Å². The first-order chi connectivity index (χ1) is 19.4. The molecule has 1 aromatic heterocycles. The standard InChI is InChI=1S/C31H30BrN5O3/c1-20-6-5-9-29(21(20)2)40-19-22-7-3-4-8-26(22)30(38)35-16-23(17-35)27-18-37(34-33-27)28-14-15-36(31(28)39)25-12-10-24(32)11-13-25/h3-13,18,23,28H,14-17,19H2,1-2H3. The summed E-state index contributed by atoms with van der Waals surface area (Å²) in [6.45, 7) is 6.19. The third-order valence-electron chi connectivity index (χ3n) is 7.94. The molecule has 0 bridgehead atoms. The summed E-state index contributed by atoms with van der Waals surface area (Å²) in [6, 6.07) is 21.0. The van der Waals surface area contributed by atoms with Crippen molar-refractivity contribution in [3.8, 4) is 5.75 Å². The number of carbonyl (C=O) groups excluding carboxylic acids is 2. The maximum Gasteiger partial charge on any atom is 0.254 e. The molecule has 8 nitrogen and oxygen atoms in total. The zero-order chi connectivity index (χ0) is 27.8. The first kappa shape index (κ1) is 26.3. The first-order valence-electron chi connectivity index (χ1n) is 13.4. The van der Waals surface area contributed by atoms with E-state index in [0.717, 1.165) is 32.7 Å². The molecule has 2 saturated heterocycles. The predicted molar refractivity (Wildman–Crippen MR) is 156 cm³/mol. The van der Waals surface area contributed by atoms with Gasteiger partial charge < -0.3 is 14.5 Å². The van der Waals surface area contributed by atoms with E-state index in [0.29, 0.717) is 38.2 Å². The Kier molecular flexibility index (Phi) is 7.14. The zero-order valence-corrected chi connectivity index (χ0v) is 24.0. The highest BCUT2D eigenvalue weighted by Crippen LogP contribution is 2.32. The topological polar surface area (TPSA) is 80.6 Å². The highest BCUT2D eigenvalue weighted by Gasteiger charge is 2.38. The van der Waals surface area contributed by atoms with Crippen molar-refractivity contribution in [1.82, 2.24) is 19.9 Å². The molecule has 6 rings (SSSR count). The molecule has 2 aliphatic heterocycles. The van der Waals surface area contributed by atoms with E-state index >= 15 is 0 Å². The van der Waals surface area contributed by atoms with Crippen LogP contribution in [-0.2, 0) is 11.4 Å². The molecule has 3 aromatic carbocycles. The fraction of sp³-hybridized carbons (Fsp3) is 0.290. The van der Waals surface area contributed by atoms with Crippen molar-refractivity contribution in [2.24, 2.45) is 0 Å². The number of anilines is 1. The monoisotopic (exact) mass is 599 g/mol. The molecule has 3 heterocycles. The van der Waals surface area contributed by atoms with E-state index in [2.05, 4.69) is 39.2 Å². The van der Waals surface area contributed by atoms with Gasteiger partial charge in [-0.1, -0.05) is 51.5 Å². The minimum absolute atomic E-state index is 0.0140. The van der Waals surface area contributed by atoms with Crippen LogP contribution in [0.25, 0.3) is 0 Å². The number of ether oxygens (including phenoxy) is 1. The number of benzene rings is 3. The highest BCUT2D eigenvalue weighted by atomic mass is 79.9. The van der Waals surface area contributed by atoms with Crippen LogP contribution in [0.4, 0.5) is 5.69 Å². The molecule has 0 spiro atoms. The lowest BCUT2D eigenvalue weighted by Gasteiger charge is -2.38. The van der Waals surface area contributed by atoms with Gasteiger partial charge in [-0.3, -0.25) is 9.59 Å². The van der Waals surface area contributed by atoms with E-state index in [1.54, 1.807) is 9.58 Å². The molecule has 9 heteroatoms. The molecular formula is C31H30BrN5O3. The predicted octanol–water partition coefficient (Wildman–Crippen LogP) is 5.45. The molecular weight excluding hydrogens is 570 g/mol. The zero-order valence-electron chi connectivity index (χ0n) is 22.5. The van der Waals surface area contributed by atoms with Crippen LogP contribution in [0.3, 0.4) is 0 Å². The van der Waals surface area contributed by atoms with Crippen molar-refractivity contribution < 1.29 is 14.3 Å². The van der Waals surface area contributed by atoms with Gasteiger partial charge in [0.25, 0.3) is 11.8 Å². The maximum absolute atomic E-state index is 13.4. The SMILES string of the molecule is Cc1cccc(OCc2ccccc2C(=O)N2CC(c3cn(C4CCN(c5ccc(Br)cc5)C4=O)nn3)C2)c1C. The summed E-state index contributed by atoms with van der Waals surface area (Å²) in [5.41, 5.74) is 5.47. The average molecular weight is 601 g/mol. The summed E-state index contributed by atoms with van der Waals surface area (Å²) in [7, 11) is 0. The molecule has 0 radical (unpaired) electrons. The maximum atomic E-state index is 13.4. The second-order valence-corrected chi connectivity index (χ2v) is 11.4. The number of amides is 2. The smallest absolute Gasteiger partial charge is 0.254 e. The van der Waals surface area contributed by atoms with E-state index in [9.17, 15) is 9.59 Å². The molecule has 0 saturated carbocycles. The molecule has 2 fully saturated rings. The van der Waals surface area contributed by atoms with Crippen molar-refractivity contribution in [3.63, 3.8) is 0 Å². The van der Waals surface area contributed by atoms with E-state index in [-0.39, 0.29) is 23.8 Å². The van der Waals surface area contributed by atoms with Gasteiger partial charge in [-0.25, -0.2) is 4.68 Å². The number of carbonyl (C=O) groups is 2.